The Bertz CT molecular complexity index is 619. The summed E-state index contributed by atoms with van der Waals surface area (Å²) in [6.45, 7) is 2.03. The number of rotatable bonds is 4. The first kappa shape index (κ1) is 15.6. The summed E-state index contributed by atoms with van der Waals surface area (Å²) in [5.74, 6) is 1.21. The van der Waals surface area contributed by atoms with Crippen molar-refractivity contribution < 1.29 is 4.74 Å². The molecule has 0 heterocycles. The van der Waals surface area contributed by atoms with Crippen LogP contribution in [0.2, 0.25) is 10.0 Å². The highest BCUT2D eigenvalue weighted by molar-refractivity contribution is 9.10. The maximum Gasteiger partial charge on any atom is 0.147 e. The maximum atomic E-state index is 6.17. The first-order valence-corrected chi connectivity index (χ1v) is 7.74. The quantitative estimate of drug-likeness (QED) is 0.670. The minimum atomic E-state index is -0.0732. The summed E-state index contributed by atoms with van der Waals surface area (Å²) < 4.78 is 6.61. The average molecular weight is 375 g/mol. The van der Waals surface area contributed by atoms with Gasteiger partial charge in [0.05, 0.1) is 10.0 Å². The van der Waals surface area contributed by atoms with Crippen molar-refractivity contribution in [1.29, 1.82) is 0 Å². The second-order valence-electron chi connectivity index (χ2n) is 4.35. The fourth-order valence-electron chi connectivity index (χ4n) is 1.80. The summed E-state index contributed by atoms with van der Waals surface area (Å²) in [4.78, 5) is 0. The normalized spacial score (nSPS) is 12.2. The van der Waals surface area contributed by atoms with Crippen molar-refractivity contribution in [3.8, 4) is 11.5 Å². The van der Waals surface area contributed by atoms with Gasteiger partial charge in [-0.1, -0.05) is 48.3 Å². The topological polar surface area (TPSA) is 35.2 Å². The van der Waals surface area contributed by atoms with E-state index in [9.17, 15) is 0 Å². The highest BCUT2D eigenvalue weighted by atomic mass is 79.9. The lowest BCUT2D eigenvalue weighted by Gasteiger charge is -2.16. The number of hydrogen-bond acceptors (Lipinski definition) is 2. The second-order valence-corrected chi connectivity index (χ2v) is 6.02. The fourth-order valence-corrected chi connectivity index (χ4v) is 2.63. The molecule has 2 aromatic rings. The van der Waals surface area contributed by atoms with Crippen LogP contribution in [-0.2, 0) is 0 Å². The van der Waals surface area contributed by atoms with E-state index in [1.807, 2.05) is 31.2 Å². The van der Waals surface area contributed by atoms with Crippen LogP contribution in [0, 0.1) is 0 Å². The number of hydrogen-bond donors (Lipinski definition) is 1. The standard InChI is InChI=1S/C15H14BrCl2NO/c1-2-13(19)9-5-3-4-6-14(9)20-15-8-11(17)10(16)7-12(15)18/h3-8,13H,2,19H2,1H3. The molecule has 0 bridgehead atoms. The van der Waals surface area contributed by atoms with Gasteiger partial charge in [-0.15, -0.1) is 0 Å². The zero-order valence-electron chi connectivity index (χ0n) is 10.9. The number of ether oxygens (including phenoxy) is 1. The van der Waals surface area contributed by atoms with Crippen LogP contribution in [0.1, 0.15) is 24.9 Å². The van der Waals surface area contributed by atoms with Gasteiger partial charge in [0.15, 0.2) is 0 Å². The molecule has 0 saturated carbocycles. The monoisotopic (exact) mass is 373 g/mol. The van der Waals surface area contributed by atoms with Crippen LogP contribution in [0.5, 0.6) is 11.5 Å². The molecule has 0 aliphatic rings. The van der Waals surface area contributed by atoms with E-state index < -0.39 is 0 Å². The fraction of sp³-hybridized carbons (Fsp3) is 0.200. The van der Waals surface area contributed by atoms with Gasteiger partial charge in [0.25, 0.3) is 0 Å². The number of nitrogens with two attached hydrogens (primary N) is 1. The van der Waals surface area contributed by atoms with E-state index in [1.54, 1.807) is 12.1 Å². The van der Waals surface area contributed by atoms with Gasteiger partial charge in [0.2, 0.25) is 0 Å². The second kappa shape index (κ2) is 6.81. The molecule has 2 rings (SSSR count). The molecule has 0 fully saturated rings. The molecule has 0 spiro atoms. The van der Waals surface area contributed by atoms with Crippen molar-refractivity contribution in [3.63, 3.8) is 0 Å². The molecule has 0 aromatic heterocycles. The van der Waals surface area contributed by atoms with E-state index in [0.717, 1.165) is 16.5 Å². The molecule has 1 atom stereocenters. The third-order valence-corrected chi connectivity index (χ3v) is 4.45. The zero-order valence-corrected chi connectivity index (χ0v) is 14.0. The SMILES string of the molecule is CCC(N)c1ccccc1Oc1cc(Cl)c(Br)cc1Cl. The molecular weight excluding hydrogens is 361 g/mol. The van der Waals surface area contributed by atoms with Gasteiger partial charge < -0.3 is 10.5 Å². The van der Waals surface area contributed by atoms with Gasteiger partial charge in [0.1, 0.15) is 11.5 Å². The molecule has 2 N–H and O–H groups in total. The lowest BCUT2D eigenvalue weighted by molar-refractivity contribution is 0.469. The summed E-state index contributed by atoms with van der Waals surface area (Å²) in [7, 11) is 0. The molecule has 20 heavy (non-hydrogen) atoms. The van der Waals surface area contributed by atoms with Crippen molar-refractivity contribution in [3.05, 3.63) is 56.5 Å². The largest absolute Gasteiger partial charge is 0.455 e. The average Bonchev–Trinajstić information content (AvgIpc) is 2.44. The highest BCUT2D eigenvalue weighted by Gasteiger charge is 2.13. The number of halogens is 3. The molecule has 1 unspecified atom stereocenters. The zero-order chi connectivity index (χ0) is 14.7. The van der Waals surface area contributed by atoms with Crippen molar-refractivity contribution in [2.45, 2.75) is 19.4 Å². The Kier molecular flexibility index (Phi) is 5.33. The Morgan fingerprint density at radius 2 is 1.85 bits per heavy atom. The molecule has 0 aliphatic carbocycles. The van der Waals surface area contributed by atoms with Crippen molar-refractivity contribution in [2.75, 3.05) is 0 Å². The van der Waals surface area contributed by atoms with Gasteiger partial charge >= 0.3 is 0 Å². The lowest BCUT2D eigenvalue weighted by Crippen LogP contribution is -2.09. The van der Waals surface area contributed by atoms with Crippen LogP contribution in [-0.4, -0.2) is 0 Å². The minimum Gasteiger partial charge on any atom is -0.455 e. The molecular formula is C15H14BrCl2NO. The van der Waals surface area contributed by atoms with E-state index in [1.165, 1.54) is 0 Å². The Morgan fingerprint density at radius 3 is 2.55 bits per heavy atom. The number of benzene rings is 2. The molecule has 2 nitrogen and oxygen atoms in total. The molecule has 5 heteroatoms. The number of para-hydroxylation sites is 1. The molecule has 0 radical (unpaired) electrons. The van der Waals surface area contributed by atoms with Gasteiger partial charge in [0, 0.05) is 22.1 Å². The lowest BCUT2D eigenvalue weighted by atomic mass is 10.0. The van der Waals surface area contributed by atoms with E-state index in [0.29, 0.717) is 21.5 Å². The predicted octanol–water partition coefficient (Wildman–Crippen LogP) is 5.96. The van der Waals surface area contributed by atoms with Gasteiger partial charge in [-0.25, -0.2) is 0 Å². The van der Waals surface area contributed by atoms with Gasteiger partial charge in [-0.3, -0.25) is 0 Å². The van der Waals surface area contributed by atoms with Crippen molar-refractivity contribution in [2.24, 2.45) is 5.73 Å². The van der Waals surface area contributed by atoms with E-state index in [2.05, 4.69) is 15.9 Å². The molecule has 0 amide bonds. The summed E-state index contributed by atoms with van der Waals surface area (Å²) in [5.41, 5.74) is 7.04. The first-order valence-electron chi connectivity index (χ1n) is 6.19. The van der Waals surface area contributed by atoms with Crippen LogP contribution < -0.4 is 10.5 Å². The van der Waals surface area contributed by atoms with E-state index in [4.69, 9.17) is 33.7 Å². The Balaban J connectivity index is 2.38. The minimum absolute atomic E-state index is 0.0732. The smallest absolute Gasteiger partial charge is 0.147 e. The van der Waals surface area contributed by atoms with E-state index >= 15 is 0 Å². The van der Waals surface area contributed by atoms with Crippen LogP contribution in [0.3, 0.4) is 0 Å². The Morgan fingerprint density at radius 1 is 1.15 bits per heavy atom. The first-order chi connectivity index (χ1) is 9.52. The summed E-state index contributed by atoms with van der Waals surface area (Å²) in [5, 5.41) is 1.03. The molecule has 0 aliphatic heterocycles. The predicted molar refractivity (Wildman–Crippen MR) is 87.9 cm³/mol. The third kappa shape index (κ3) is 3.47. The summed E-state index contributed by atoms with van der Waals surface area (Å²) in [6.07, 6.45) is 0.829. The van der Waals surface area contributed by atoms with Crippen LogP contribution in [0.15, 0.2) is 40.9 Å². The summed E-state index contributed by atoms with van der Waals surface area (Å²) in [6, 6.07) is 11.0. The highest BCUT2D eigenvalue weighted by Crippen LogP contribution is 2.38. The maximum absolute atomic E-state index is 6.17. The molecule has 2 aromatic carbocycles. The molecule has 106 valence electrons. The van der Waals surface area contributed by atoms with Crippen LogP contribution in [0.4, 0.5) is 0 Å². The Labute approximate surface area is 137 Å². The van der Waals surface area contributed by atoms with Crippen LogP contribution >= 0.6 is 39.1 Å². The van der Waals surface area contributed by atoms with E-state index in [-0.39, 0.29) is 6.04 Å². The van der Waals surface area contributed by atoms with Crippen molar-refractivity contribution >= 4 is 39.1 Å². The van der Waals surface area contributed by atoms with Gasteiger partial charge in [-0.2, -0.15) is 0 Å². The summed E-state index contributed by atoms with van der Waals surface area (Å²) >= 11 is 15.6. The third-order valence-electron chi connectivity index (χ3n) is 2.95. The molecule has 0 saturated heterocycles. The van der Waals surface area contributed by atoms with Crippen molar-refractivity contribution in [1.82, 2.24) is 0 Å². The Hall–Kier alpha value is -0.740. The van der Waals surface area contributed by atoms with Crippen LogP contribution in [0.25, 0.3) is 0 Å². The van der Waals surface area contributed by atoms with Gasteiger partial charge in [-0.05, 0) is 34.5 Å².